The lowest BCUT2D eigenvalue weighted by Crippen LogP contribution is -2.39. The molecular weight excluding hydrogens is 487 g/mol. The second-order valence-corrected chi connectivity index (χ2v) is 8.44. The number of unbranched alkanes of at least 4 members (excludes halogenated alkanes) is 3. The minimum Gasteiger partial charge on any atom is -0.357 e. The van der Waals surface area contributed by atoms with E-state index in [-0.39, 0.29) is 29.7 Å². The molecule has 0 atom stereocenters. The molecule has 0 unspecified atom stereocenters. The number of guanidine groups is 1. The molecule has 0 aromatic heterocycles. The van der Waals surface area contributed by atoms with Crippen molar-refractivity contribution in [3.63, 3.8) is 0 Å². The van der Waals surface area contributed by atoms with Crippen LogP contribution in [0.5, 0.6) is 0 Å². The number of hydrogen-bond acceptors (Lipinski definition) is 3. The zero-order valence-corrected chi connectivity index (χ0v) is 20.4. The van der Waals surface area contributed by atoms with Crippen LogP contribution in [0.3, 0.4) is 0 Å². The van der Waals surface area contributed by atoms with Gasteiger partial charge in [0.05, 0.1) is 12.3 Å². The van der Waals surface area contributed by atoms with Gasteiger partial charge in [-0.1, -0.05) is 36.8 Å². The quantitative estimate of drug-likeness (QED) is 0.145. The predicted molar refractivity (Wildman–Crippen MR) is 130 cm³/mol. The third-order valence-electron chi connectivity index (χ3n) is 4.20. The smallest absolute Gasteiger partial charge is 0.215 e. The average molecular weight is 522 g/mol. The molecule has 0 saturated heterocycles. The molecule has 1 aromatic rings. The van der Waals surface area contributed by atoms with Gasteiger partial charge in [0.2, 0.25) is 10.0 Å². The fourth-order valence-corrected chi connectivity index (χ4v) is 3.36. The SMILES string of the molecule is C=CCCCCCN(C)C(=NCc1ccc(CS(=O)(=O)NC)cc1)NCC.I. The highest BCUT2D eigenvalue weighted by molar-refractivity contribution is 14.0. The van der Waals surface area contributed by atoms with Crippen molar-refractivity contribution in [3.8, 4) is 0 Å². The summed E-state index contributed by atoms with van der Waals surface area (Å²) in [7, 11) is 0.239. The summed E-state index contributed by atoms with van der Waals surface area (Å²) in [4.78, 5) is 6.86. The molecule has 0 radical (unpaired) electrons. The molecule has 0 amide bonds. The van der Waals surface area contributed by atoms with Crippen molar-refractivity contribution >= 4 is 40.0 Å². The van der Waals surface area contributed by atoms with Crippen LogP contribution in [0.25, 0.3) is 0 Å². The van der Waals surface area contributed by atoms with Crippen LogP contribution in [-0.2, 0) is 22.3 Å². The third-order valence-corrected chi connectivity index (χ3v) is 5.54. The molecule has 0 fully saturated rings. The fourth-order valence-electron chi connectivity index (χ4n) is 2.59. The molecule has 0 aliphatic carbocycles. The molecule has 160 valence electrons. The molecule has 6 nitrogen and oxygen atoms in total. The lowest BCUT2D eigenvalue weighted by Gasteiger charge is -2.22. The number of halogens is 1. The van der Waals surface area contributed by atoms with E-state index in [9.17, 15) is 8.42 Å². The Hall–Kier alpha value is -1.13. The fraction of sp³-hybridized carbons (Fsp3) is 0.550. The Morgan fingerprint density at radius 2 is 1.82 bits per heavy atom. The van der Waals surface area contributed by atoms with Crippen molar-refractivity contribution in [1.29, 1.82) is 0 Å². The van der Waals surface area contributed by atoms with E-state index in [1.165, 1.54) is 19.9 Å². The maximum absolute atomic E-state index is 11.6. The number of allylic oxidation sites excluding steroid dienone is 1. The number of aliphatic imine (C=N–C) groups is 1. The van der Waals surface area contributed by atoms with E-state index in [0.29, 0.717) is 6.54 Å². The number of nitrogens with one attached hydrogen (secondary N) is 2. The van der Waals surface area contributed by atoms with Crippen LogP contribution in [-0.4, -0.2) is 46.5 Å². The lowest BCUT2D eigenvalue weighted by atomic mass is 10.1. The molecule has 0 bridgehead atoms. The molecule has 0 heterocycles. The van der Waals surface area contributed by atoms with Crippen LogP contribution in [0, 0.1) is 0 Å². The first kappa shape index (κ1) is 26.9. The Kier molecular flexibility index (Phi) is 14.2. The first-order valence-electron chi connectivity index (χ1n) is 9.51. The summed E-state index contributed by atoms with van der Waals surface area (Å²) in [5.74, 6) is 0.882. The summed E-state index contributed by atoms with van der Waals surface area (Å²) in [6, 6.07) is 7.55. The van der Waals surface area contributed by atoms with Crippen LogP contribution in [0.2, 0.25) is 0 Å². The molecule has 0 aliphatic rings. The second-order valence-electron chi connectivity index (χ2n) is 6.51. The Morgan fingerprint density at radius 1 is 1.18 bits per heavy atom. The molecule has 1 aromatic carbocycles. The van der Waals surface area contributed by atoms with Crippen LogP contribution in [0.1, 0.15) is 43.7 Å². The Labute approximate surface area is 188 Å². The summed E-state index contributed by atoms with van der Waals surface area (Å²) >= 11 is 0. The molecule has 28 heavy (non-hydrogen) atoms. The van der Waals surface area contributed by atoms with E-state index in [0.717, 1.165) is 43.0 Å². The van der Waals surface area contributed by atoms with E-state index >= 15 is 0 Å². The number of rotatable bonds is 12. The molecular formula is C20H35IN4O2S. The first-order valence-corrected chi connectivity index (χ1v) is 11.2. The highest BCUT2D eigenvalue weighted by Crippen LogP contribution is 2.09. The molecule has 0 saturated carbocycles. The lowest BCUT2D eigenvalue weighted by molar-refractivity contribution is 0.455. The normalized spacial score (nSPS) is 11.6. The molecule has 0 aliphatic heterocycles. The van der Waals surface area contributed by atoms with Crippen molar-refractivity contribution in [1.82, 2.24) is 14.9 Å². The van der Waals surface area contributed by atoms with Gasteiger partial charge in [0, 0.05) is 20.1 Å². The van der Waals surface area contributed by atoms with Gasteiger partial charge in [0.15, 0.2) is 5.96 Å². The van der Waals surface area contributed by atoms with Crippen LogP contribution < -0.4 is 10.0 Å². The Balaban J connectivity index is 0.00000729. The highest BCUT2D eigenvalue weighted by atomic mass is 127. The standard InChI is InChI=1S/C20H34N4O2S.HI/c1-5-7-8-9-10-15-24(4)20(22-6-2)23-16-18-11-13-19(14-12-18)17-27(25,26)21-3;/h5,11-14,21H,1,6-10,15-17H2,2-4H3,(H,22,23);1H. The van der Waals surface area contributed by atoms with E-state index < -0.39 is 10.0 Å². The van der Waals surface area contributed by atoms with Gasteiger partial charge in [-0.15, -0.1) is 30.6 Å². The van der Waals surface area contributed by atoms with Gasteiger partial charge in [-0.25, -0.2) is 18.1 Å². The summed E-state index contributed by atoms with van der Waals surface area (Å²) in [6.45, 7) is 8.15. The summed E-state index contributed by atoms with van der Waals surface area (Å²) < 4.78 is 25.5. The topological polar surface area (TPSA) is 73.8 Å². The summed E-state index contributed by atoms with van der Waals surface area (Å²) in [5.41, 5.74) is 1.82. The van der Waals surface area contributed by atoms with Gasteiger partial charge in [0.1, 0.15) is 0 Å². The number of nitrogens with zero attached hydrogens (tertiary/aromatic N) is 2. The van der Waals surface area contributed by atoms with Gasteiger partial charge in [0.25, 0.3) is 0 Å². The molecule has 2 N–H and O–H groups in total. The monoisotopic (exact) mass is 522 g/mol. The van der Waals surface area contributed by atoms with E-state index in [1.807, 2.05) is 30.3 Å². The van der Waals surface area contributed by atoms with Gasteiger partial charge in [-0.05, 0) is 44.4 Å². The summed E-state index contributed by atoms with van der Waals surface area (Å²) in [6.07, 6.45) is 6.54. The number of benzene rings is 1. The predicted octanol–water partition coefficient (Wildman–Crippen LogP) is 3.50. The first-order chi connectivity index (χ1) is 12.9. The minimum absolute atomic E-state index is 0. The van der Waals surface area contributed by atoms with Crippen molar-refractivity contribution in [2.24, 2.45) is 4.99 Å². The second kappa shape index (κ2) is 14.8. The Bertz CT molecular complexity index is 691. The van der Waals surface area contributed by atoms with Gasteiger partial charge in [-0.2, -0.15) is 0 Å². The van der Waals surface area contributed by atoms with Gasteiger partial charge < -0.3 is 10.2 Å². The Morgan fingerprint density at radius 3 is 2.39 bits per heavy atom. The van der Waals surface area contributed by atoms with E-state index in [4.69, 9.17) is 4.99 Å². The zero-order valence-electron chi connectivity index (χ0n) is 17.3. The zero-order chi connectivity index (χ0) is 20.1. The third kappa shape index (κ3) is 11.0. The van der Waals surface area contributed by atoms with E-state index in [2.05, 4.69) is 35.5 Å². The minimum atomic E-state index is -3.24. The molecule has 8 heteroatoms. The number of sulfonamides is 1. The van der Waals surface area contributed by atoms with Crippen LogP contribution in [0.4, 0.5) is 0 Å². The van der Waals surface area contributed by atoms with Gasteiger partial charge in [-0.3, -0.25) is 0 Å². The van der Waals surface area contributed by atoms with Gasteiger partial charge >= 0.3 is 0 Å². The van der Waals surface area contributed by atoms with Crippen molar-refractivity contribution in [3.05, 3.63) is 48.0 Å². The highest BCUT2D eigenvalue weighted by Gasteiger charge is 2.08. The molecule has 1 rings (SSSR count). The maximum Gasteiger partial charge on any atom is 0.215 e. The van der Waals surface area contributed by atoms with Crippen LogP contribution >= 0.6 is 24.0 Å². The summed E-state index contributed by atoms with van der Waals surface area (Å²) in [5, 5.41) is 3.33. The van der Waals surface area contributed by atoms with Crippen molar-refractivity contribution in [2.75, 3.05) is 27.2 Å². The van der Waals surface area contributed by atoms with Crippen LogP contribution in [0.15, 0.2) is 41.9 Å². The van der Waals surface area contributed by atoms with E-state index in [1.54, 1.807) is 0 Å². The van der Waals surface area contributed by atoms with Crippen molar-refractivity contribution in [2.45, 2.75) is 44.9 Å². The largest absolute Gasteiger partial charge is 0.357 e. The average Bonchev–Trinajstić information content (AvgIpc) is 2.65. The van der Waals surface area contributed by atoms with Crippen molar-refractivity contribution < 1.29 is 8.42 Å². The maximum atomic E-state index is 11.6. The number of hydrogen-bond donors (Lipinski definition) is 2. The molecule has 0 spiro atoms.